The molecule has 1 aliphatic rings. The van der Waals surface area contributed by atoms with Crippen molar-refractivity contribution >= 4 is 27.7 Å². The second-order valence-electron chi connectivity index (χ2n) is 4.07. The summed E-state index contributed by atoms with van der Waals surface area (Å²) < 4.78 is 2.24. The van der Waals surface area contributed by atoms with E-state index in [1.807, 2.05) is 17.8 Å². The molecular formula is C12H12BrN3S. The minimum atomic E-state index is 0.593. The molecule has 0 aliphatic carbocycles. The highest BCUT2D eigenvalue weighted by Crippen LogP contribution is 2.32. The Bertz CT molecular complexity index is 512. The first-order valence-corrected chi connectivity index (χ1v) is 7.55. The number of thioether (sulfide) groups is 1. The van der Waals surface area contributed by atoms with Gasteiger partial charge in [-0.3, -0.25) is 0 Å². The highest BCUT2D eigenvalue weighted by atomic mass is 79.9. The number of hydrogen-bond donors (Lipinski definition) is 0. The van der Waals surface area contributed by atoms with Crippen LogP contribution in [0.1, 0.15) is 11.4 Å². The van der Waals surface area contributed by atoms with E-state index in [-0.39, 0.29) is 0 Å². The molecule has 88 valence electrons. The van der Waals surface area contributed by atoms with E-state index in [0.717, 1.165) is 29.3 Å². The van der Waals surface area contributed by atoms with Crippen LogP contribution in [-0.4, -0.2) is 25.3 Å². The normalized spacial score (nSPS) is 18.3. The van der Waals surface area contributed by atoms with E-state index in [1.165, 1.54) is 5.56 Å². The van der Waals surface area contributed by atoms with Crippen molar-refractivity contribution in [3.05, 3.63) is 41.7 Å². The molecule has 2 aromatic rings. The first-order valence-electron chi connectivity index (χ1n) is 5.55. The molecule has 0 unspecified atom stereocenters. The fourth-order valence-electron chi connectivity index (χ4n) is 1.97. The van der Waals surface area contributed by atoms with Gasteiger partial charge in [0.25, 0.3) is 0 Å². The lowest BCUT2D eigenvalue weighted by Gasteiger charge is -2.04. The Balaban J connectivity index is 1.82. The summed E-state index contributed by atoms with van der Waals surface area (Å²) in [5, 5.41) is 11.2. The van der Waals surface area contributed by atoms with E-state index in [1.54, 1.807) is 0 Å². The van der Waals surface area contributed by atoms with Gasteiger partial charge in [0, 0.05) is 23.5 Å². The maximum Gasteiger partial charge on any atom is 0.191 e. The van der Waals surface area contributed by atoms with Crippen molar-refractivity contribution in [1.82, 2.24) is 14.8 Å². The van der Waals surface area contributed by atoms with Crippen LogP contribution in [0.2, 0.25) is 0 Å². The molecule has 17 heavy (non-hydrogen) atoms. The average molecular weight is 310 g/mol. The van der Waals surface area contributed by atoms with Crippen LogP contribution in [0.4, 0.5) is 0 Å². The lowest BCUT2D eigenvalue weighted by molar-refractivity contribution is 0.643. The molecule has 0 spiro atoms. The van der Waals surface area contributed by atoms with Crippen molar-refractivity contribution in [1.29, 1.82) is 0 Å². The van der Waals surface area contributed by atoms with Gasteiger partial charge in [0.1, 0.15) is 5.82 Å². The van der Waals surface area contributed by atoms with E-state index in [4.69, 9.17) is 0 Å². The highest BCUT2D eigenvalue weighted by molar-refractivity contribution is 9.09. The average Bonchev–Trinajstić information content (AvgIpc) is 2.92. The van der Waals surface area contributed by atoms with Crippen LogP contribution < -0.4 is 0 Å². The molecule has 0 saturated heterocycles. The molecule has 1 atom stereocenters. The lowest BCUT2D eigenvalue weighted by Crippen LogP contribution is -2.10. The molecule has 1 aromatic heterocycles. The predicted octanol–water partition coefficient (Wildman–Crippen LogP) is 2.74. The maximum atomic E-state index is 4.28. The van der Waals surface area contributed by atoms with Crippen LogP contribution in [0.3, 0.4) is 0 Å². The van der Waals surface area contributed by atoms with Gasteiger partial charge in [-0.05, 0) is 5.56 Å². The Morgan fingerprint density at radius 1 is 1.29 bits per heavy atom. The van der Waals surface area contributed by atoms with Crippen molar-refractivity contribution in [3.8, 4) is 0 Å². The first-order chi connectivity index (χ1) is 8.36. The maximum absolute atomic E-state index is 4.28. The minimum Gasteiger partial charge on any atom is -0.305 e. The van der Waals surface area contributed by atoms with E-state index in [2.05, 4.69) is 55.0 Å². The van der Waals surface area contributed by atoms with Crippen molar-refractivity contribution in [2.24, 2.45) is 0 Å². The van der Waals surface area contributed by atoms with E-state index in [9.17, 15) is 0 Å². The van der Waals surface area contributed by atoms with Gasteiger partial charge < -0.3 is 4.57 Å². The number of rotatable bonds is 3. The van der Waals surface area contributed by atoms with Crippen molar-refractivity contribution in [2.45, 2.75) is 23.4 Å². The molecule has 0 N–H and O–H groups in total. The van der Waals surface area contributed by atoms with Crippen LogP contribution in [0.5, 0.6) is 0 Å². The van der Waals surface area contributed by atoms with Crippen LogP contribution in [0, 0.1) is 0 Å². The van der Waals surface area contributed by atoms with E-state index < -0.39 is 0 Å². The third-order valence-electron chi connectivity index (χ3n) is 2.83. The van der Waals surface area contributed by atoms with Gasteiger partial charge in [-0.2, -0.15) is 0 Å². The number of hydrogen-bond acceptors (Lipinski definition) is 3. The molecule has 3 nitrogen and oxygen atoms in total. The lowest BCUT2D eigenvalue weighted by atomic mass is 10.1. The first kappa shape index (κ1) is 11.3. The van der Waals surface area contributed by atoms with Gasteiger partial charge in [-0.15, -0.1) is 10.2 Å². The third-order valence-corrected chi connectivity index (χ3v) is 5.20. The van der Waals surface area contributed by atoms with E-state index >= 15 is 0 Å². The summed E-state index contributed by atoms with van der Waals surface area (Å²) >= 11 is 5.34. The number of benzene rings is 1. The Morgan fingerprint density at radius 2 is 2.12 bits per heavy atom. The van der Waals surface area contributed by atoms with E-state index in [0.29, 0.717) is 5.25 Å². The van der Waals surface area contributed by atoms with Gasteiger partial charge in [0.05, 0.1) is 0 Å². The SMILES string of the molecule is BrC[C@@H]1Cn2c(Cc3ccccc3)nnc2S1. The smallest absolute Gasteiger partial charge is 0.191 e. The fraction of sp³-hybridized carbons (Fsp3) is 0.333. The molecule has 5 heteroatoms. The van der Waals surface area contributed by atoms with Crippen molar-refractivity contribution in [2.75, 3.05) is 5.33 Å². The van der Waals surface area contributed by atoms with Crippen LogP contribution in [-0.2, 0) is 13.0 Å². The molecule has 0 amide bonds. The summed E-state index contributed by atoms with van der Waals surface area (Å²) in [4.78, 5) is 0. The van der Waals surface area contributed by atoms with Gasteiger partial charge in [0.2, 0.25) is 0 Å². The molecule has 2 heterocycles. The summed E-state index contributed by atoms with van der Waals surface area (Å²) in [6, 6.07) is 10.4. The minimum absolute atomic E-state index is 0.593. The summed E-state index contributed by atoms with van der Waals surface area (Å²) in [5.74, 6) is 1.07. The fourth-order valence-corrected chi connectivity index (χ4v) is 3.55. The number of nitrogens with zero attached hydrogens (tertiary/aromatic N) is 3. The topological polar surface area (TPSA) is 30.7 Å². The van der Waals surface area contributed by atoms with Crippen molar-refractivity contribution in [3.63, 3.8) is 0 Å². The Hall–Kier alpha value is -0.810. The standard InChI is InChI=1S/C12H12BrN3S/c13-7-10-8-16-11(14-15-12(16)17-10)6-9-4-2-1-3-5-9/h1-5,10H,6-8H2/t10-/m1/s1. The monoisotopic (exact) mass is 309 g/mol. The zero-order valence-electron chi connectivity index (χ0n) is 9.21. The van der Waals surface area contributed by atoms with Gasteiger partial charge >= 0.3 is 0 Å². The molecule has 3 rings (SSSR count). The van der Waals surface area contributed by atoms with Gasteiger partial charge in [-0.25, -0.2) is 0 Å². The number of aromatic nitrogens is 3. The second kappa shape index (κ2) is 4.82. The second-order valence-corrected chi connectivity index (χ2v) is 5.98. The Labute approximate surface area is 113 Å². The molecule has 0 radical (unpaired) electrons. The molecule has 1 aliphatic heterocycles. The summed E-state index contributed by atoms with van der Waals surface area (Å²) in [6.45, 7) is 1.01. The number of halogens is 1. The predicted molar refractivity (Wildman–Crippen MR) is 72.7 cm³/mol. The number of alkyl halides is 1. The quantitative estimate of drug-likeness (QED) is 0.817. The molecule has 1 aromatic carbocycles. The largest absolute Gasteiger partial charge is 0.305 e. The van der Waals surface area contributed by atoms with Crippen molar-refractivity contribution < 1.29 is 0 Å². The molecular weight excluding hydrogens is 298 g/mol. The van der Waals surface area contributed by atoms with Crippen LogP contribution in [0.25, 0.3) is 0 Å². The summed E-state index contributed by atoms with van der Waals surface area (Å²) in [6.07, 6.45) is 0.864. The van der Waals surface area contributed by atoms with Gasteiger partial charge in [0.15, 0.2) is 5.16 Å². The Morgan fingerprint density at radius 3 is 2.88 bits per heavy atom. The Kier molecular flexibility index (Phi) is 3.20. The summed E-state index contributed by atoms with van der Waals surface area (Å²) in [7, 11) is 0. The van der Waals surface area contributed by atoms with Crippen LogP contribution in [0.15, 0.2) is 35.5 Å². The summed E-state index contributed by atoms with van der Waals surface area (Å²) in [5.41, 5.74) is 1.29. The molecule has 0 fully saturated rings. The third kappa shape index (κ3) is 2.26. The zero-order valence-corrected chi connectivity index (χ0v) is 11.6. The molecule has 0 saturated carbocycles. The molecule has 0 bridgehead atoms. The van der Waals surface area contributed by atoms with Gasteiger partial charge in [-0.1, -0.05) is 58.0 Å². The van der Waals surface area contributed by atoms with Crippen LogP contribution >= 0.6 is 27.7 Å². The zero-order chi connectivity index (χ0) is 11.7. The number of fused-ring (bicyclic) bond motifs is 1. The highest BCUT2D eigenvalue weighted by Gasteiger charge is 2.25.